The first kappa shape index (κ1) is 19.5. The molecule has 1 saturated heterocycles. The number of aryl methyl sites for hydroxylation is 1. The molecule has 7 nitrogen and oxygen atoms in total. The molecular weight excluding hydrogens is 389 g/mol. The lowest BCUT2D eigenvalue weighted by Crippen LogP contribution is -2.44. The van der Waals surface area contributed by atoms with Gasteiger partial charge in [-0.3, -0.25) is 15.6 Å². The Bertz CT molecular complexity index is 823. The summed E-state index contributed by atoms with van der Waals surface area (Å²) in [4.78, 5) is 18.7. The van der Waals surface area contributed by atoms with E-state index in [1.165, 1.54) is 17.4 Å². The maximum atomic E-state index is 13.5. The van der Waals surface area contributed by atoms with Gasteiger partial charge in [0.15, 0.2) is 10.2 Å². The van der Waals surface area contributed by atoms with Crippen molar-refractivity contribution in [2.75, 3.05) is 36.5 Å². The Labute approximate surface area is 165 Å². The number of benzene rings is 1. The minimum Gasteiger partial charge on any atom is -0.378 e. The molecule has 0 radical (unpaired) electrons. The molecule has 0 spiro atoms. The molecule has 0 saturated carbocycles. The number of hydrogen-bond acceptors (Lipinski definition) is 6. The van der Waals surface area contributed by atoms with E-state index >= 15 is 0 Å². The smallest absolute Gasteiger partial charge is 0.244 e. The lowest BCUT2D eigenvalue weighted by atomic mass is 10.2. The van der Waals surface area contributed by atoms with Crippen molar-refractivity contribution >= 4 is 45.4 Å². The second-order valence-electron chi connectivity index (χ2n) is 5.99. The summed E-state index contributed by atoms with van der Waals surface area (Å²) in [5, 5.41) is 5.74. The first-order valence-corrected chi connectivity index (χ1v) is 9.69. The van der Waals surface area contributed by atoms with Gasteiger partial charge >= 0.3 is 0 Å². The van der Waals surface area contributed by atoms with E-state index in [0.29, 0.717) is 30.2 Å². The van der Waals surface area contributed by atoms with E-state index < -0.39 is 0 Å². The van der Waals surface area contributed by atoms with E-state index in [9.17, 15) is 9.18 Å². The third-order valence-corrected chi connectivity index (χ3v) is 5.06. The Hall–Kier alpha value is -2.30. The first-order valence-electron chi connectivity index (χ1n) is 8.40. The maximum absolute atomic E-state index is 13.5. The fourth-order valence-corrected chi connectivity index (χ4v) is 3.49. The highest BCUT2D eigenvalue weighted by molar-refractivity contribution is 7.80. The van der Waals surface area contributed by atoms with Crippen LogP contribution in [0.5, 0.6) is 0 Å². The van der Waals surface area contributed by atoms with Gasteiger partial charge < -0.3 is 15.0 Å². The molecule has 2 aromatic rings. The molecular formula is C17H20FN5O2S2. The summed E-state index contributed by atoms with van der Waals surface area (Å²) in [5.74, 6) is -0.598. The molecule has 144 valence electrons. The fraction of sp³-hybridized carbons (Fsp3) is 0.353. The molecule has 1 aromatic carbocycles. The van der Waals surface area contributed by atoms with E-state index in [1.807, 2.05) is 5.38 Å². The number of nitrogens with one attached hydrogen (secondary N) is 3. The van der Waals surface area contributed by atoms with Crippen molar-refractivity contribution in [2.24, 2.45) is 0 Å². The third-order valence-electron chi connectivity index (χ3n) is 3.91. The summed E-state index contributed by atoms with van der Waals surface area (Å²) < 4.78 is 18.9. The predicted octanol–water partition coefficient (Wildman–Crippen LogP) is 1.99. The maximum Gasteiger partial charge on any atom is 0.244 e. The minimum atomic E-state index is -0.327. The molecule has 1 fully saturated rings. The number of anilines is 2. The van der Waals surface area contributed by atoms with Crippen molar-refractivity contribution in [3.8, 4) is 0 Å². The average Bonchev–Trinajstić information content (AvgIpc) is 3.12. The zero-order chi connectivity index (χ0) is 19.2. The zero-order valence-corrected chi connectivity index (χ0v) is 16.4. The van der Waals surface area contributed by atoms with Crippen molar-refractivity contribution in [3.05, 3.63) is 40.7 Å². The van der Waals surface area contributed by atoms with Crippen molar-refractivity contribution in [1.82, 2.24) is 15.8 Å². The van der Waals surface area contributed by atoms with Crippen LogP contribution in [0.3, 0.4) is 0 Å². The molecule has 0 aliphatic carbocycles. The third kappa shape index (κ3) is 5.59. The molecule has 27 heavy (non-hydrogen) atoms. The standard InChI is InChI=1S/C17H20FN5O2S2/c1-11-2-3-12(8-14(11)18)19-16(26)22-21-15(24)9-13-10-27-17(20-13)23-4-6-25-7-5-23/h2-3,8,10H,4-7,9H2,1H3,(H,21,24)(H2,19,22,26). The largest absolute Gasteiger partial charge is 0.378 e. The van der Waals surface area contributed by atoms with Crippen LogP contribution in [0.2, 0.25) is 0 Å². The van der Waals surface area contributed by atoms with Crippen LogP contribution in [0, 0.1) is 12.7 Å². The number of carbonyl (C=O) groups is 1. The summed E-state index contributed by atoms with van der Waals surface area (Å²) >= 11 is 6.61. The number of ether oxygens (including phenoxy) is 1. The summed E-state index contributed by atoms with van der Waals surface area (Å²) in [5.41, 5.74) is 6.86. The number of aromatic nitrogens is 1. The molecule has 2 heterocycles. The van der Waals surface area contributed by atoms with Gasteiger partial charge in [0.25, 0.3) is 0 Å². The van der Waals surface area contributed by atoms with E-state index in [-0.39, 0.29) is 23.3 Å². The van der Waals surface area contributed by atoms with Crippen LogP contribution in [0.1, 0.15) is 11.3 Å². The highest BCUT2D eigenvalue weighted by Crippen LogP contribution is 2.21. The SMILES string of the molecule is Cc1ccc(NC(=S)NNC(=O)Cc2csc(N3CCOCC3)n2)cc1F. The quantitative estimate of drug-likeness (QED) is 0.526. The van der Waals surface area contributed by atoms with Crippen LogP contribution in [0.4, 0.5) is 15.2 Å². The van der Waals surface area contributed by atoms with Crippen molar-refractivity contribution in [1.29, 1.82) is 0 Å². The Kier molecular flexibility index (Phi) is 6.54. The summed E-state index contributed by atoms with van der Waals surface area (Å²) in [6.45, 7) is 4.67. The van der Waals surface area contributed by atoms with Crippen LogP contribution in [-0.4, -0.2) is 42.3 Å². The topological polar surface area (TPSA) is 78.5 Å². The van der Waals surface area contributed by atoms with Gasteiger partial charge in [0, 0.05) is 24.2 Å². The summed E-state index contributed by atoms with van der Waals surface area (Å²) in [6.07, 6.45) is 0.135. The van der Waals surface area contributed by atoms with Crippen LogP contribution >= 0.6 is 23.6 Å². The Morgan fingerprint density at radius 1 is 1.37 bits per heavy atom. The van der Waals surface area contributed by atoms with E-state index in [1.54, 1.807) is 19.1 Å². The van der Waals surface area contributed by atoms with E-state index in [2.05, 4.69) is 26.1 Å². The van der Waals surface area contributed by atoms with Crippen molar-refractivity contribution in [3.63, 3.8) is 0 Å². The van der Waals surface area contributed by atoms with Crippen molar-refractivity contribution in [2.45, 2.75) is 13.3 Å². The molecule has 1 aliphatic rings. The lowest BCUT2D eigenvalue weighted by molar-refractivity contribution is -0.121. The van der Waals surface area contributed by atoms with Gasteiger partial charge in [0.05, 0.1) is 25.3 Å². The Morgan fingerprint density at radius 3 is 2.89 bits per heavy atom. The predicted molar refractivity (Wildman–Crippen MR) is 107 cm³/mol. The number of amides is 1. The van der Waals surface area contributed by atoms with Gasteiger partial charge in [-0.05, 0) is 36.8 Å². The lowest BCUT2D eigenvalue weighted by Gasteiger charge is -2.26. The van der Waals surface area contributed by atoms with Gasteiger partial charge in [-0.25, -0.2) is 9.37 Å². The van der Waals surface area contributed by atoms with Crippen LogP contribution < -0.4 is 21.1 Å². The average molecular weight is 410 g/mol. The number of hydrogen-bond donors (Lipinski definition) is 3. The fourth-order valence-electron chi connectivity index (χ4n) is 2.45. The van der Waals surface area contributed by atoms with Gasteiger partial charge in [0.1, 0.15) is 5.82 Å². The number of thiocarbonyl (C=S) groups is 1. The van der Waals surface area contributed by atoms with Gasteiger partial charge in [-0.2, -0.15) is 0 Å². The molecule has 0 unspecified atom stereocenters. The number of halogens is 1. The number of hydrazine groups is 1. The van der Waals surface area contributed by atoms with Crippen LogP contribution in [-0.2, 0) is 16.0 Å². The number of nitrogens with zero attached hydrogens (tertiary/aromatic N) is 2. The molecule has 1 aromatic heterocycles. The molecule has 1 amide bonds. The second-order valence-corrected chi connectivity index (χ2v) is 7.23. The highest BCUT2D eigenvalue weighted by atomic mass is 32.1. The number of morpholine rings is 1. The van der Waals surface area contributed by atoms with E-state index in [4.69, 9.17) is 17.0 Å². The van der Waals surface area contributed by atoms with E-state index in [0.717, 1.165) is 18.2 Å². The normalized spacial score (nSPS) is 13.9. The molecule has 1 aliphatic heterocycles. The minimum absolute atomic E-state index is 0.135. The number of thiazole rings is 1. The molecule has 10 heteroatoms. The number of rotatable bonds is 4. The molecule has 0 atom stereocenters. The van der Waals surface area contributed by atoms with Crippen LogP contribution in [0.15, 0.2) is 23.6 Å². The van der Waals surface area contributed by atoms with Gasteiger partial charge in [0.2, 0.25) is 5.91 Å². The first-order chi connectivity index (χ1) is 13.0. The summed E-state index contributed by atoms with van der Waals surface area (Å²) in [7, 11) is 0. The summed E-state index contributed by atoms with van der Waals surface area (Å²) in [6, 6.07) is 4.69. The number of carbonyl (C=O) groups excluding carboxylic acids is 1. The Morgan fingerprint density at radius 2 is 2.15 bits per heavy atom. The molecule has 3 rings (SSSR count). The molecule has 0 bridgehead atoms. The van der Waals surface area contributed by atoms with Crippen molar-refractivity contribution < 1.29 is 13.9 Å². The molecule has 3 N–H and O–H groups in total. The zero-order valence-electron chi connectivity index (χ0n) is 14.8. The van der Waals surface area contributed by atoms with Gasteiger partial charge in [-0.15, -0.1) is 11.3 Å². The monoisotopic (exact) mass is 409 g/mol. The highest BCUT2D eigenvalue weighted by Gasteiger charge is 2.15. The van der Waals surface area contributed by atoms with Crippen LogP contribution in [0.25, 0.3) is 0 Å². The van der Waals surface area contributed by atoms with Gasteiger partial charge in [-0.1, -0.05) is 6.07 Å². The second kappa shape index (κ2) is 9.07. The Balaban J connectivity index is 1.44.